The van der Waals surface area contributed by atoms with Crippen molar-refractivity contribution in [2.75, 3.05) is 62.2 Å². The highest BCUT2D eigenvalue weighted by Crippen LogP contribution is 2.40. The molecule has 4 aromatic rings. The average Bonchev–Trinajstić information content (AvgIpc) is 3.70. The van der Waals surface area contributed by atoms with E-state index in [0.29, 0.717) is 51.0 Å². The van der Waals surface area contributed by atoms with E-state index in [9.17, 15) is 4.79 Å². The lowest BCUT2D eigenvalue weighted by Crippen LogP contribution is -2.49. The van der Waals surface area contributed by atoms with Crippen LogP contribution in [0.2, 0.25) is 5.02 Å². The molecule has 3 fully saturated rings. The van der Waals surface area contributed by atoms with Gasteiger partial charge in [-0.2, -0.15) is 9.97 Å². The second-order valence-corrected chi connectivity index (χ2v) is 13.4. The van der Waals surface area contributed by atoms with Crippen LogP contribution in [0.5, 0.6) is 6.01 Å². The van der Waals surface area contributed by atoms with Crippen LogP contribution in [-0.2, 0) is 17.8 Å². The molecule has 0 atom stereocenters. The quantitative estimate of drug-likeness (QED) is 0.256. The molecular formula is C36H39ClN8O2. The standard InChI is InChI=1S/C36H39ClN8O2/c37-29-7-1-5-26-6-2-8-31(33(26)29)44-18-12-28-30(23-44)40-35(47-24-36-13-3-16-45(36)17-4-14-36)41-34(28)43-21-19-42(20-22-43)32(46)10-9-27-11-15-38-25-39-27/h1-2,5-11,15,25H,3-4,12-14,16-24H2/b10-9+. The first-order chi connectivity index (χ1) is 23.1. The summed E-state index contributed by atoms with van der Waals surface area (Å²) in [6.07, 6.45) is 12.1. The highest BCUT2D eigenvalue weighted by Gasteiger charge is 2.45. The van der Waals surface area contributed by atoms with Crippen molar-refractivity contribution >= 4 is 45.9 Å². The summed E-state index contributed by atoms with van der Waals surface area (Å²) < 4.78 is 6.54. The normalized spacial score (nSPS) is 19.4. The number of ether oxygens (including phenoxy) is 1. The first kappa shape index (κ1) is 30.1. The second kappa shape index (κ2) is 12.7. The van der Waals surface area contributed by atoms with Crippen molar-refractivity contribution in [3.8, 4) is 6.01 Å². The van der Waals surface area contributed by atoms with Gasteiger partial charge < -0.3 is 19.4 Å². The summed E-state index contributed by atoms with van der Waals surface area (Å²) in [5.74, 6) is 0.926. The number of hydrogen-bond donors (Lipinski definition) is 0. The average molecular weight is 651 g/mol. The molecule has 242 valence electrons. The Bertz CT molecular complexity index is 1790. The molecule has 0 radical (unpaired) electrons. The monoisotopic (exact) mass is 650 g/mol. The van der Waals surface area contributed by atoms with E-state index in [1.807, 2.05) is 17.0 Å². The summed E-state index contributed by atoms with van der Waals surface area (Å²) in [6, 6.07) is 14.7. The number of anilines is 2. The summed E-state index contributed by atoms with van der Waals surface area (Å²) in [5.41, 5.74) is 4.11. The fourth-order valence-electron chi connectivity index (χ4n) is 7.92. The van der Waals surface area contributed by atoms with E-state index in [0.717, 1.165) is 59.0 Å². The Morgan fingerprint density at radius 2 is 1.74 bits per heavy atom. The minimum Gasteiger partial charge on any atom is -0.461 e. The Morgan fingerprint density at radius 3 is 2.53 bits per heavy atom. The molecule has 0 saturated carbocycles. The SMILES string of the molecule is O=C(/C=C/c1ccncn1)N1CCN(c2nc(OCC34CCCN3CCC4)nc3c2CCN(c2cccc4cccc(Cl)c24)C3)CC1. The van der Waals surface area contributed by atoms with E-state index < -0.39 is 0 Å². The highest BCUT2D eigenvalue weighted by molar-refractivity contribution is 6.36. The van der Waals surface area contributed by atoms with Gasteiger partial charge in [0.05, 0.1) is 28.5 Å². The van der Waals surface area contributed by atoms with E-state index in [2.05, 4.69) is 48.9 Å². The van der Waals surface area contributed by atoms with Crippen molar-refractivity contribution in [3.05, 3.63) is 83.0 Å². The lowest BCUT2D eigenvalue weighted by Gasteiger charge is -2.38. The number of rotatable bonds is 7. The van der Waals surface area contributed by atoms with E-state index in [4.69, 9.17) is 26.3 Å². The highest BCUT2D eigenvalue weighted by atomic mass is 35.5. The molecule has 10 nitrogen and oxygen atoms in total. The van der Waals surface area contributed by atoms with Gasteiger partial charge in [0.2, 0.25) is 5.91 Å². The minimum absolute atomic E-state index is 0.0154. The third kappa shape index (κ3) is 5.89. The molecule has 0 spiro atoms. The van der Waals surface area contributed by atoms with Crippen LogP contribution in [-0.4, -0.2) is 93.6 Å². The molecule has 6 heterocycles. The van der Waals surface area contributed by atoms with Gasteiger partial charge in [0, 0.05) is 61.6 Å². The van der Waals surface area contributed by atoms with Gasteiger partial charge in [0.25, 0.3) is 0 Å². The maximum Gasteiger partial charge on any atom is 0.318 e. The summed E-state index contributed by atoms with van der Waals surface area (Å²) in [5, 5.41) is 2.96. The van der Waals surface area contributed by atoms with E-state index in [1.54, 1.807) is 24.4 Å². The predicted octanol–water partition coefficient (Wildman–Crippen LogP) is 5.01. The number of aromatic nitrogens is 4. The first-order valence-electron chi connectivity index (χ1n) is 16.7. The number of halogens is 1. The Morgan fingerprint density at radius 1 is 0.936 bits per heavy atom. The summed E-state index contributed by atoms with van der Waals surface area (Å²) in [7, 11) is 0. The van der Waals surface area contributed by atoms with Crippen molar-refractivity contribution in [2.24, 2.45) is 0 Å². The number of amides is 1. The molecule has 0 bridgehead atoms. The smallest absolute Gasteiger partial charge is 0.318 e. The summed E-state index contributed by atoms with van der Waals surface area (Å²) >= 11 is 6.74. The minimum atomic E-state index is -0.0154. The van der Waals surface area contributed by atoms with Gasteiger partial charge in [-0.25, -0.2) is 9.97 Å². The third-order valence-electron chi connectivity index (χ3n) is 10.4. The molecule has 2 aromatic heterocycles. The predicted molar refractivity (Wildman–Crippen MR) is 184 cm³/mol. The number of piperazine rings is 1. The summed E-state index contributed by atoms with van der Waals surface area (Å²) in [4.78, 5) is 40.5. The van der Waals surface area contributed by atoms with Crippen molar-refractivity contribution in [3.63, 3.8) is 0 Å². The van der Waals surface area contributed by atoms with Crippen LogP contribution in [0.1, 0.15) is 42.6 Å². The Labute approximate surface area is 280 Å². The number of nitrogens with zero attached hydrogens (tertiary/aromatic N) is 8. The van der Waals surface area contributed by atoms with Crippen LogP contribution >= 0.6 is 11.6 Å². The Balaban J connectivity index is 1.05. The van der Waals surface area contributed by atoms with Crippen LogP contribution in [0.15, 0.2) is 61.1 Å². The topological polar surface area (TPSA) is 90.8 Å². The zero-order valence-corrected chi connectivity index (χ0v) is 27.3. The fraction of sp³-hybridized carbons (Fsp3) is 0.417. The molecular weight excluding hydrogens is 612 g/mol. The molecule has 4 aliphatic heterocycles. The molecule has 4 aliphatic rings. The van der Waals surface area contributed by atoms with Crippen molar-refractivity contribution in [1.29, 1.82) is 0 Å². The third-order valence-corrected chi connectivity index (χ3v) is 10.7. The van der Waals surface area contributed by atoms with E-state index >= 15 is 0 Å². The lowest BCUT2D eigenvalue weighted by atomic mass is 9.95. The van der Waals surface area contributed by atoms with Gasteiger partial charge in [-0.05, 0) is 74.9 Å². The maximum absolute atomic E-state index is 13.0. The molecule has 47 heavy (non-hydrogen) atoms. The summed E-state index contributed by atoms with van der Waals surface area (Å²) in [6.45, 7) is 7.01. The molecule has 0 N–H and O–H groups in total. The molecule has 0 aliphatic carbocycles. The number of fused-ring (bicyclic) bond motifs is 3. The molecule has 2 aromatic carbocycles. The van der Waals surface area contributed by atoms with Crippen molar-refractivity contribution < 1.29 is 9.53 Å². The first-order valence-corrected chi connectivity index (χ1v) is 17.1. The Hall–Kier alpha value is -4.28. The van der Waals surface area contributed by atoms with Crippen LogP contribution in [0.4, 0.5) is 11.5 Å². The Kier molecular flexibility index (Phi) is 8.15. The van der Waals surface area contributed by atoms with Gasteiger partial charge in [-0.15, -0.1) is 0 Å². The molecule has 1 amide bonds. The molecule has 8 rings (SSSR count). The second-order valence-electron chi connectivity index (χ2n) is 13.0. The number of hydrogen-bond acceptors (Lipinski definition) is 9. The number of carbonyl (C=O) groups excluding carboxylic acids is 1. The van der Waals surface area contributed by atoms with Gasteiger partial charge in [0.15, 0.2) is 0 Å². The largest absolute Gasteiger partial charge is 0.461 e. The number of benzene rings is 2. The lowest BCUT2D eigenvalue weighted by molar-refractivity contribution is -0.126. The zero-order valence-electron chi connectivity index (χ0n) is 26.5. The maximum atomic E-state index is 13.0. The van der Waals surface area contributed by atoms with Gasteiger partial charge >= 0.3 is 6.01 Å². The van der Waals surface area contributed by atoms with Crippen LogP contribution in [0, 0.1) is 0 Å². The van der Waals surface area contributed by atoms with Crippen LogP contribution in [0.25, 0.3) is 16.8 Å². The number of carbonyl (C=O) groups is 1. The zero-order chi connectivity index (χ0) is 31.8. The fourth-order valence-corrected chi connectivity index (χ4v) is 8.20. The van der Waals surface area contributed by atoms with Crippen LogP contribution < -0.4 is 14.5 Å². The van der Waals surface area contributed by atoms with Crippen LogP contribution in [0.3, 0.4) is 0 Å². The van der Waals surface area contributed by atoms with Gasteiger partial charge in [-0.3, -0.25) is 9.69 Å². The van der Waals surface area contributed by atoms with E-state index in [1.165, 1.54) is 37.6 Å². The molecule has 11 heteroatoms. The molecule has 0 unspecified atom stereocenters. The van der Waals surface area contributed by atoms with Gasteiger partial charge in [-0.1, -0.05) is 35.9 Å². The van der Waals surface area contributed by atoms with Crippen molar-refractivity contribution in [2.45, 2.75) is 44.2 Å². The molecule has 3 saturated heterocycles. The van der Waals surface area contributed by atoms with Gasteiger partial charge in [0.1, 0.15) is 18.8 Å². The van der Waals surface area contributed by atoms with Crippen molar-refractivity contribution in [1.82, 2.24) is 29.7 Å². The van der Waals surface area contributed by atoms with E-state index in [-0.39, 0.29) is 11.4 Å².